The summed E-state index contributed by atoms with van der Waals surface area (Å²) in [4.78, 5) is 2.38. The van der Waals surface area contributed by atoms with Crippen LogP contribution in [0.1, 0.15) is 5.56 Å². The Balaban J connectivity index is 2.00. The van der Waals surface area contributed by atoms with E-state index < -0.39 is 0 Å². The van der Waals surface area contributed by atoms with Gasteiger partial charge in [-0.15, -0.1) is 0 Å². The van der Waals surface area contributed by atoms with Gasteiger partial charge in [0.2, 0.25) is 0 Å². The van der Waals surface area contributed by atoms with Crippen molar-refractivity contribution in [1.82, 2.24) is 4.90 Å². The second-order valence-electron chi connectivity index (χ2n) is 3.64. The van der Waals surface area contributed by atoms with Crippen LogP contribution in [0.25, 0.3) is 0 Å². The van der Waals surface area contributed by atoms with Gasteiger partial charge < -0.3 is 4.74 Å². The molecule has 0 N–H and O–H groups in total. The van der Waals surface area contributed by atoms with Crippen LogP contribution >= 0.6 is 27.5 Å². The van der Waals surface area contributed by atoms with Crippen LogP contribution in [0.15, 0.2) is 22.7 Å². The van der Waals surface area contributed by atoms with E-state index in [-0.39, 0.29) is 0 Å². The number of morpholine rings is 1. The Morgan fingerprint density at radius 3 is 2.73 bits per heavy atom. The zero-order chi connectivity index (χ0) is 10.7. The highest BCUT2D eigenvalue weighted by Crippen LogP contribution is 2.23. The molecule has 4 heteroatoms. The van der Waals surface area contributed by atoms with Gasteiger partial charge in [0.1, 0.15) is 0 Å². The first kappa shape index (κ1) is 11.4. The third-order valence-corrected chi connectivity index (χ3v) is 3.73. The van der Waals surface area contributed by atoms with Crippen molar-refractivity contribution in [3.63, 3.8) is 0 Å². The van der Waals surface area contributed by atoms with Crippen molar-refractivity contribution in [1.29, 1.82) is 0 Å². The van der Waals surface area contributed by atoms with E-state index in [2.05, 4.69) is 26.9 Å². The van der Waals surface area contributed by atoms with Gasteiger partial charge in [-0.25, -0.2) is 0 Å². The molecule has 0 aliphatic carbocycles. The van der Waals surface area contributed by atoms with Crippen LogP contribution in [0.2, 0.25) is 5.02 Å². The fourth-order valence-electron chi connectivity index (χ4n) is 1.66. The minimum Gasteiger partial charge on any atom is -0.379 e. The van der Waals surface area contributed by atoms with Crippen molar-refractivity contribution in [2.45, 2.75) is 6.54 Å². The molecule has 1 aliphatic heterocycles. The molecule has 82 valence electrons. The molecule has 0 radical (unpaired) electrons. The van der Waals surface area contributed by atoms with E-state index in [4.69, 9.17) is 16.3 Å². The summed E-state index contributed by atoms with van der Waals surface area (Å²) in [6.45, 7) is 4.65. The maximum Gasteiger partial charge on any atom is 0.0594 e. The zero-order valence-corrected chi connectivity index (χ0v) is 10.7. The SMILES string of the molecule is Clc1cc(CN2CCOCC2)ccc1Br. The summed E-state index contributed by atoms with van der Waals surface area (Å²) >= 11 is 9.43. The van der Waals surface area contributed by atoms with Gasteiger partial charge in [0.25, 0.3) is 0 Å². The lowest BCUT2D eigenvalue weighted by Crippen LogP contribution is -2.35. The van der Waals surface area contributed by atoms with E-state index in [1.54, 1.807) is 0 Å². The summed E-state index contributed by atoms with van der Waals surface area (Å²) in [7, 11) is 0. The summed E-state index contributed by atoms with van der Waals surface area (Å²) < 4.78 is 6.26. The molecule has 0 saturated carbocycles. The summed E-state index contributed by atoms with van der Waals surface area (Å²) in [5.74, 6) is 0. The van der Waals surface area contributed by atoms with Crippen molar-refractivity contribution < 1.29 is 4.74 Å². The first-order valence-corrected chi connectivity index (χ1v) is 6.17. The molecular formula is C11H13BrClNO. The second-order valence-corrected chi connectivity index (χ2v) is 4.90. The maximum atomic E-state index is 6.04. The molecule has 1 fully saturated rings. The minimum absolute atomic E-state index is 0.778. The number of hydrogen-bond donors (Lipinski definition) is 0. The van der Waals surface area contributed by atoms with Gasteiger partial charge in [0.05, 0.1) is 18.2 Å². The van der Waals surface area contributed by atoms with Crippen molar-refractivity contribution in [2.24, 2.45) is 0 Å². The molecule has 2 nitrogen and oxygen atoms in total. The zero-order valence-electron chi connectivity index (χ0n) is 8.38. The molecule has 15 heavy (non-hydrogen) atoms. The molecule has 1 aliphatic rings. The predicted octanol–water partition coefficient (Wildman–Crippen LogP) is 2.93. The molecule has 0 bridgehead atoms. The van der Waals surface area contributed by atoms with E-state index in [0.717, 1.165) is 42.3 Å². The summed E-state index contributed by atoms with van der Waals surface area (Å²) in [5.41, 5.74) is 1.25. The van der Waals surface area contributed by atoms with Crippen molar-refractivity contribution in [2.75, 3.05) is 26.3 Å². The van der Waals surface area contributed by atoms with E-state index in [1.165, 1.54) is 5.56 Å². The van der Waals surface area contributed by atoms with Gasteiger partial charge >= 0.3 is 0 Å². The first-order valence-electron chi connectivity index (χ1n) is 5.00. The number of ether oxygens (including phenoxy) is 1. The number of hydrogen-bond acceptors (Lipinski definition) is 2. The van der Waals surface area contributed by atoms with Gasteiger partial charge in [-0.2, -0.15) is 0 Å². The van der Waals surface area contributed by atoms with Gasteiger partial charge in [0, 0.05) is 24.1 Å². The van der Waals surface area contributed by atoms with Crippen molar-refractivity contribution >= 4 is 27.5 Å². The average molecular weight is 291 g/mol. The van der Waals surface area contributed by atoms with Crippen LogP contribution in [-0.2, 0) is 11.3 Å². The lowest BCUT2D eigenvalue weighted by Gasteiger charge is -2.26. The van der Waals surface area contributed by atoms with Crippen molar-refractivity contribution in [3.05, 3.63) is 33.3 Å². The molecule has 1 saturated heterocycles. The number of halogens is 2. The Labute approximate surface area is 103 Å². The fourth-order valence-corrected chi connectivity index (χ4v) is 2.11. The molecule has 0 unspecified atom stereocenters. The average Bonchev–Trinajstić information content (AvgIpc) is 2.25. The van der Waals surface area contributed by atoms with Crippen LogP contribution in [0, 0.1) is 0 Å². The van der Waals surface area contributed by atoms with Gasteiger partial charge in [-0.1, -0.05) is 17.7 Å². The molecule has 0 spiro atoms. The summed E-state index contributed by atoms with van der Waals surface area (Å²) in [6.07, 6.45) is 0. The minimum atomic E-state index is 0.778. The van der Waals surface area contributed by atoms with Gasteiger partial charge in [-0.3, -0.25) is 4.90 Å². The largest absolute Gasteiger partial charge is 0.379 e. The van der Waals surface area contributed by atoms with Gasteiger partial charge in [-0.05, 0) is 33.6 Å². The van der Waals surface area contributed by atoms with E-state index in [1.807, 2.05) is 12.1 Å². The fraction of sp³-hybridized carbons (Fsp3) is 0.455. The van der Waals surface area contributed by atoms with E-state index in [9.17, 15) is 0 Å². The molecule has 1 aromatic rings. The van der Waals surface area contributed by atoms with Crippen LogP contribution in [0.4, 0.5) is 0 Å². The predicted molar refractivity (Wildman–Crippen MR) is 65.2 cm³/mol. The summed E-state index contributed by atoms with van der Waals surface area (Å²) in [5, 5.41) is 0.778. The lowest BCUT2D eigenvalue weighted by molar-refractivity contribution is 0.0342. The van der Waals surface area contributed by atoms with Crippen LogP contribution in [-0.4, -0.2) is 31.2 Å². The molecule has 0 amide bonds. The molecule has 1 heterocycles. The molecular weight excluding hydrogens is 277 g/mol. The smallest absolute Gasteiger partial charge is 0.0594 e. The highest BCUT2D eigenvalue weighted by atomic mass is 79.9. The molecule has 1 aromatic carbocycles. The first-order chi connectivity index (χ1) is 7.25. The maximum absolute atomic E-state index is 6.04. The van der Waals surface area contributed by atoms with E-state index in [0.29, 0.717) is 0 Å². The highest BCUT2D eigenvalue weighted by Gasteiger charge is 2.10. The van der Waals surface area contributed by atoms with E-state index >= 15 is 0 Å². The Kier molecular flexibility index (Phi) is 4.03. The van der Waals surface area contributed by atoms with Crippen LogP contribution in [0.5, 0.6) is 0 Å². The lowest BCUT2D eigenvalue weighted by atomic mass is 10.2. The number of nitrogens with zero attached hydrogens (tertiary/aromatic N) is 1. The molecule has 0 atom stereocenters. The van der Waals surface area contributed by atoms with Crippen molar-refractivity contribution in [3.8, 4) is 0 Å². The second kappa shape index (κ2) is 5.30. The van der Waals surface area contributed by atoms with Crippen LogP contribution < -0.4 is 0 Å². The Hall–Kier alpha value is -0.0900. The molecule has 2 rings (SSSR count). The normalized spacial score (nSPS) is 18.0. The van der Waals surface area contributed by atoms with Gasteiger partial charge in [0.15, 0.2) is 0 Å². The third-order valence-electron chi connectivity index (χ3n) is 2.49. The Morgan fingerprint density at radius 2 is 2.07 bits per heavy atom. The number of benzene rings is 1. The quantitative estimate of drug-likeness (QED) is 0.830. The third kappa shape index (κ3) is 3.18. The van der Waals surface area contributed by atoms with Crippen LogP contribution in [0.3, 0.4) is 0 Å². The Bertz CT molecular complexity index is 339. The Morgan fingerprint density at radius 1 is 1.33 bits per heavy atom. The monoisotopic (exact) mass is 289 g/mol. The number of rotatable bonds is 2. The highest BCUT2D eigenvalue weighted by molar-refractivity contribution is 9.10. The standard InChI is InChI=1S/C11H13BrClNO/c12-10-2-1-9(7-11(10)13)8-14-3-5-15-6-4-14/h1-2,7H,3-6,8H2. The molecule has 0 aromatic heterocycles. The topological polar surface area (TPSA) is 12.5 Å². The summed E-state index contributed by atoms with van der Waals surface area (Å²) in [6, 6.07) is 6.12.